The van der Waals surface area contributed by atoms with Gasteiger partial charge in [0.05, 0.1) is 76.6 Å². The fraction of sp³-hybridized carbons (Fsp3) is 0.429. The average molecular weight is 1750 g/mol. The van der Waals surface area contributed by atoms with E-state index in [1.807, 2.05) is 192 Å². The van der Waals surface area contributed by atoms with Gasteiger partial charge in [0.25, 0.3) is 0 Å². The second-order valence-electron chi connectivity index (χ2n) is 22.7. The fourth-order valence-corrected chi connectivity index (χ4v) is 8.64. The second-order valence-corrected chi connectivity index (χ2v) is 22.7. The standard InChI is InChI=1S/2C25H33N12.4C2H3N.6C2H4O2.4Fe/c2*1-32-9-5-26-22(32)16-36(17-23-27-6-10-33(23)2)14-20-13-21(31-30-20)15-37(18-24-28-7-11-34(24)3)19-25-29-8-12-35(25)4;4*1-2-3;6*1-2(3)4;;;;/h2*5-13H,14-19H2,1-4H3;4*1H3;6*1H3,(H,3,4);;;;/q2*-1;;;;;;;;;;;4*+2/p-6. The Hall–Kier alpha value is -11.2. The maximum Gasteiger partial charge on any atom is 2.00 e. The summed E-state index contributed by atoms with van der Waals surface area (Å²) in [4.78, 5) is 98.6. The minimum absolute atomic E-state index is 0. The Balaban J connectivity index is -0.000000351. The molecule has 0 unspecified atom stereocenters. The van der Waals surface area contributed by atoms with Gasteiger partial charge in [0, 0.05) is 257 Å². The summed E-state index contributed by atoms with van der Waals surface area (Å²) in [6, 6.07) is 11.2. The van der Waals surface area contributed by atoms with Gasteiger partial charge in [-0.1, -0.05) is 12.1 Å². The van der Waals surface area contributed by atoms with Crippen LogP contribution in [0.3, 0.4) is 0 Å². The van der Waals surface area contributed by atoms with Gasteiger partial charge in [0.2, 0.25) is 0 Å². The Morgan fingerprint density at radius 1 is 0.298 bits per heavy atom. The smallest absolute Gasteiger partial charge is 0.578 e. The summed E-state index contributed by atoms with van der Waals surface area (Å²) in [6.45, 7) is 19.6. The summed E-state index contributed by atoms with van der Waals surface area (Å²) in [5.74, 6) is 1.43. The summed E-state index contributed by atoms with van der Waals surface area (Å²) in [5.41, 5.74) is 3.69. The molecule has 0 spiro atoms. The van der Waals surface area contributed by atoms with Gasteiger partial charge in [-0.2, -0.15) is 21.0 Å². The Morgan fingerprint density at radius 3 is 0.535 bits per heavy atom. The topological polar surface area (TPSA) is 545 Å². The molecule has 44 heteroatoms. The van der Waals surface area contributed by atoms with Crippen LogP contribution in [0.4, 0.5) is 0 Å². The van der Waals surface area contributed by atoms with Crippen molar-refractivity contribution in [3.63, 3.8) is 0 Å². The van der Waals surface area contributed by atoms with Crippen LogP contribution in [-0.4, -0.2) is 142 Å². The molecule has 0 aliphatic rings. The van der Waals surface area contributed by atoms with Crippen LogP contribution in [-0.2, 0) is 232 Å². The Bertz CT molecular complexity index is 3660. The van der Waals surface area contributed by atoms with Gasteiger partial charge in [-0.15, -0.1) is 11.4 Å². The van der Waals surface area contributed by atoms with E-state index in [1.165, 1.54) is 27.7 Å². The van der Waals surface area contributed by atoms with Gasteiger partial charge in [0.1, 0.15) is 46.6 Å². The zero-order valence-electron chi connectivity index (χ0n) is 66.7. The third-order valence-corrected chi connectivity index (χ3v) is 13.1. The Morgan fingerprint density at radius 2 is 0.421 bits per heavy atom. The number of rotatable bonds is 24. The van der Waals surface area contributed by atoms with Gasteiger partial charge >= 0.3 is 68.3 Å². The van der Waals surface area contributed by atoms with Crippen LogP contribution < -0.4 is 40.8 Å². The number of aliphatic carboxylic acids is 6. The van der Waals surface area contributed by atoms with Crippen LogP contribution in [0.15, 0.2) is 111 Å². The first-order chi connectivity index (χ1) is 51.9. The number of nitriles is 4. The predicted octanol–water partition coefficient (Wildman–Crippen LogP) is -2.60. The molecule has 10 aromatic heterocycles. The number of carbonyl (C=O) groups excluding carboxylic acids is 6. The average Bonchev–Trinajstić information content (AvgIpc) is 1.71. The van der Waals surface area contributed by atoms with E-state index in [0.29, 0.717) is 78.5 Å². The van der Waals surface area contributed by atoms with Crippen molar-refractivity contribution in [1.29, 1.82) is 21.0 Å². The Kier molecular flexibility index (Phi) is 66.2. The van der Waals surface area contributed by atoms with Gasteiger partial charge in [0.15, 0.2) is 0 Å². The maximum absolute atomic E-state index is 8.89. The predicted molar refractivity (Wildman–Crippen MR) is 382 cm³/mol. The minimum atomic E-state index is -1.08. The summed E-state index contributed by atoms with van der Waals surface area (Å²) in [6.07, 6.45) is 30.3. The molecule has 0 aromatic carbocycles. The molecule has 0 atom stereocenters. The molecule has 0 aliphatic heterocycles. The van der Waals surface area contributed by atoms with Crippen LogP contribution in [0, 0.1) is 45.3 Å². The first-order valence-corrected chi connectivity index (χ1v) is 32.8. The number of carboxylic acids is 6. The molecule has 0 aliphatic carbocycles. The van der Waals surface area contributed by atoms with Gasteiger partial charge in [-0.3, -0.25) is 19.6 Å². The normalized spacial score (nSPS) is 9.28. The van der Waals surface area contributed by atoms with Crippen LogP contribution in [0.25, 0.3) is 0 Å². The second kappa shape index (κ2) is 66.4. The number of hydrogen-bond acceptors (Lipinski definition) is 30. The molecule has 0 radical (unpaired) electrons. The monoisotopic (exact) mass is 1740 g/mol. The molecule has 40 nitrogen and oxygen atoms in total. The van der Waals surface area contributed by atoms with E-state index in [4.69, 9.17) is 80.5 Å². The number of hydrogen-bond donors (Lipinski definition) is 0. The van der Waals surface area contributed by atoms with E-state index in [2.05, 4.69) is 92.0 Å². The maximum atomic E-state index is 8.89. The number of aryl methyl sites for hydroxylation is 8. The van der Waals surface area contributed by atoms with E-state index in [0.717, 1.165) is 111 Å². The zero-order valence-corrected chi connectivity index (χ0v) is 71.1. The van der Waals surface area contributed by atoms with E-state index >= 15 is 0 Å². The van der Waals surface area contributed by atoms with Crippen molar-refractivity contribution in [3.05, 3.63) is 181 Å². The number of nitrogens with zero attached hydrogens (tertiary/aromatic N) is 28. The fourth-order valence-electron chi connectivity index (χ4n) is 8.64. The molecular weight excluding hydrogens is 1650 g/mol. The van der Waals surface area contributed by atoms with E-state index in [1.54, 1.807) is 24.3 Å². The van der Waals surface area contributed by atoms with E-state index in [9.17, 15) is 0 Å². The van der Waals surface area contributed by atoms with Crippen LogP contribution in [0.5, 0.6) is 0 Å². The third-order valence-electron chi connectivity index (χ3n) is 13.1. The van der Waals surface area contributed by atoms with Gasteiger partial charge in [-0.05, 0) is 41.5 Å². The molecule has 10 heterocycles. The number of imidazole rings is 8. The van der Waals surface area contributed by atoms with Crippen molar-refractivity contribution in [3.8, 4) is 24.3 Å². The quantitative estimate of drug-likeness (QED) is 0.0560. The van der Waals surface area contributed by atoms with Crippen molar-refractivity contribution >= 4 is 35.8 Å². The SMILES string of the molecule is CC#N.CC#N.CC#N.CC#N.CC(=O)[O-].CC(=O)[O-].CC(=O)[O-].CC(=O)[O-].CC(=O)[O-].CC(=O)[O-].Cn1ccnc1CN(Cc1cc(CN(Cc2nccn2C)Cc2nccn2C)[n-]n1)Cc1nccn1C.Cn1ccnc1CN(Cc1cc(CN(Cc2nccn2C)Cc2nccn2C)[n-]n1)Cc1nccn1C.[Fe+2].[Fe+2].[Fe+2].[Fe+2]. The van der Waals surface area contributed by atoms with Crippen LogP contribution >= 0.6 is 0 Å². The molecule has 10 aromatic rings. The molecule has 0 fully saturated rings. The van der Waals surface area contributed by atoms with Crippen molar-refractivity contribution in [1.82, 2.24) is 116 Å². The van der Waals surface area contributed by atoms with E-state index < -0.39 is 35.8 Å². The molecule has 10 rings (SSSR count). The third kappa shape index (κ3) is 55.2. The molecule has 0 bridgehead atoms. The number of aromatic nitrogens is 20. The molecular formula is C70H96Fe4N28O12. The van der Waals surface area contributed by atoms with Crippen molar-refractivity contribution in [2.24, 2.45) is 56.4 Å². The summed E-state index contributed by atoms with van der Waals surface area (Å²) < 4.78 is 16.3. The van der Waals surface area contributed by atoms with Crippen LogP contribution in [0.1, 0.15) is 139 Å². The molecule has 0 saturated heterocycles. The van der Waals surface area contributed by atoms with Crippen molar-refractivity contribution in [2.75, 3.05) is 0 Å². The van der Waals surface area contributed by atoms with Gasteiger partial charge < -0.3 is 116 Å². The molecule has 114 heavy (non-hydrogen) atoms. The van der Waals surface area contributed by atoms with Crippen molar-refractivity contribution in [2.45, 2.75) is 148 Å². The van der Waals surface area contributed by atoms with E-state index in [-0.39, 0.29) is 68.3 Å². The molecule has 0 saturated carbocycles. The number of carboxylic acid groups (broad SMARTS) is 6. The summed E-state index contributed by atoms with van der Waals surface area (Å²) in [5, 5.41) is 101. The molecule has 0 N–H and O–H groups in total. The first-order valence-electron chi connectivity index (χ1n) is 32.8. The zero-order chi connectivity index (χ0) is 83.8. The molecule has 0 amide bonds. The first kappa shape index (κ1) is 114. The summed E-state index contributed by atoms with van der Waals surface area (Å²) in [7, 11) is 16.1. The number of carbonyl (C=O) groups is 6. The Labute approximate surface area is 705 Å². The van der Waals surface area contributed by atoms with Gasteiger partial charge in [-0.25, -0.2) is 39.9 Å². The molecule has 620 valence electrons. The summed E-state index contributed by atoms with van der Waals surface area (Å²) >= 11 is 0. The van der Waals surface area contributed by atoms with Crippen molar-refractivity contribution < 1.29 is 128 Å². The minimum Gasteiger partial charge on any atom is -0.578 e. The largest absolute Gasteiger partial charge is 2.00 e. The van der Waals surface area contributed by atoms with Crippen LogP contribution in [0.2, 0.25) is 0 Å².